The molecule has 0 atom stereocenters. The van der Waals surface area contributed by atoms with Crippen molar-refractivity contribution in [2.24, 2.45) is 0 Å². The van der Waals surface area contributed by atoms with Crippen LogP contribution in [0.4, 0.5) is 15.8 Å². The SMILES string of the molecule is CCOC(=O)c1ccc(Oc2cc(Br)c(F)cc2NC(=O)c2cccc([N+](=O)[O-])c2)cc1C(=O)O. The van der Waals surface area contributed by atoms with Crippen LogP contribution in [-0.2, 0) is 4.74 Å². The van der Waals surface area contributed by atoms with Crippen LogP contribution >= 0.6 is 15.9 Å². The number of halogens is 2. The molecule has 0 heterocycles. The molecule has 35 heavy (non-hydrogen) atoms. The van der Waals surface area contributed by atoms with E-state index in [0.29, 0.717) is 0 Å². The highest BCUT2D eigenvalue weighted by Crippen LogP contribution is 2.35. The van der Waals surface area contributed by atoms with Gasteiger partial charge < -0.3 is 19.9 Å². The zero-order valence-electron chi connectivity index (χ0n) is 17.9. The molecule has 0 saturated carbocycles. The molecule has 0 saturated heterocycles. The maximum absolute atomic E-state index is 14.2. The first-order chi connectivity index (χ1) is 16.6. The average Bonchev–Trinajstić information content (AvgIpc) is 2.82. The van der Waals surface area contributed by atoms with Crippen LogP contribution in [0.15, 0.2) is 59.1 Å². The van der Waals surface area contributed by atoms with E-state index < -0.39 is 28.6 Å². The summed E-state index contributed by atoms with van der Waals surface area (Å²) in [6, 6.07) is 10.7. The molecule has 0 fully saturated rings. The molecular formula is C23H16BrFN2O8. The number of nitrogens with one attached hydrogen (secondary N) is 1. The number of carbonyl (C=O) groups is 3. The zero-order chi connectivity index (χ0) is 25.7. The van der Waals surface area contributed by atoms with Gasteiger partial charge in [-0.3, -0.25) is 14.9 Å². The zero-order valence-corrected chi connectivity index (χ0v) is 19.5. The minimum absolute atomic E-state index is 0.0116. The summed E-state index contributed by atoms with van der Waals surface area (Å²) in [5, 5.41) is 22.9. The van der Waals surface area contributed by atoms with Crippen LogP contribution in [0.2, 0.25) is 0 Å². The fourth-order valence-corrected chi connectivity index (χ4v) is 3.27. The van der Waals surface area contributed by atoms with Gasteiger partial charge in [0.05, 0.1) is 32.8 Å². The van der Waals surface area contributed by atoms with Gasteiger partial charge in [0.1, 0.15) is 11.6 Å². The molecule has 0 aliphatic heterocycles. The van der Waals surface area contributed by atoms with Gasteiger partial charge in [-0.1, -0.05) is 6.07 Å². The molecule has 0 aromatic heterocycles. The Kier molecular flexibility index (Phi) is 7.76. The molecule has 0 bridgehead atoms. The molecule has 0 aliphatic carbocycles. The Hall–Kier alpha value is -4.32. The topological polar surface area (TPSA) is 145 Å². The number of carboxylic acids is 1. The number of rotatable bonds is 8. The van der Waals surface area contributed by atoms with E-state index in [0.717, 1.165) is 18.2 Å². The van der Waals surface area contributed by atoms with Crippen LogP contribution in [0.25, 0.3) is 0 Å². The third kappa shape index (κ3) is 5.98. The fraction of sp³-hybridized carbons (Fsp3) is 0.0870. The van der Waals surface area contributed by atoms with Gasteiger partial charge in [0.2, 0.25) is 0 Å². The number of amides is 1. The van der Waals surface area contributed by atoms with Crippen molar-refractivity contribution in [3.63, 3.8) is 0 Å². The summed E-state index contributed by atoms with van der Waals surface area (Å²) in [7, 11) is 0. The second-order valence-corrected chi connectivity index (χ2v) is 7.71. The van der Waals surface area contributed by atoms with Crippen molar-refractivity contribution < 1.29 is 38.3 Å². The van der Waals surface area contributed by atoms with Crippen LogP contribution in [-0.4, -0.2) is 34.5 Å². The third-order valence-electron chi connectivity index (χ3n) is 4.53. The highest BCUT2D eigenvalue weighted by molar-refractivity contribution is 9.10. The number of carboxylic acid groups (broad SMARTS) is 1. The summed E-state index contributed by atoms with van der Waals surface area (Å²) in [6.45, 7) is 1.62. The van der Waals surface area contributed by atoms with E-state index in [4.69, 9.17) is 9.47 Å². The predicted octanol–water partition coefficient (Wildman–Crippen LogP) is 5.42. The van der Waals surface area contributed by atoms with E-state index in [9.17, 15) is 34.0 Å². The molecule has 0 radical (unpaired) electrons. The molecule has 0 unspecified atom stereocenters. The quantitative estimate of drug-likeness (QED) is 0.216. The molecule has 10 nitrogen and oxygen atoms in total. The van der Waals surface area contributed by atoms with E-state index >= 15 is 0 Å². The number of carbonyl (C=O) groups excluding carboxylic acids is 2. The minimum Gasteiger partial charge on any atom is -0.478 e. The summed E-state index contributed by atoms with van der Waals surface area (Å²) in [5.41, 5.74) is -1.07. The van der Waals surface area contributed by atoms with Crippen LogP contribution < -0.4 is 10.1 Å². The molecule has 3 aromatic carbocycles. The number of anilines is 1. The molecular weight excluding hydrogens is 531 g/mol. The Balaban J connectivity index is 1.96. The van der Waals surface area contributed by atoms with Crippen molar-refractivity contribution in [1.82, 2.24) is 0 Å². The Morgan fingerprint density at radius 2 is 1.86 bits per heavy atom. The van der Waals surface area contributed by atoms with Gasteiger partial charge in [0, 0.05) is 29.8 Å². The number of ether oxygens (including phenoxy) is 2. The molecule has 2 N–H and O–H groups in total. The van der Waals surface area contributed by atoms with Crippen molar-refractivity contribution in [2.45, 2.75) is 6.92 Å². The highest BCUT2D eigenvalue weighted by atomic mass is 79.9. The van der Waals surface area contributed by atoms with Gasteiger partial charge >= 0.3 is 11.9 Å². The van der Waals surface area contributed by atoms with Crippen LogP contribution in [0.5, 0.6) is 11.5 Å². The van der Waals surface area contributed by atoms with Crippen LogP contribution in [0, 0.1) is 15.9 Å². The lowest BCUT2D eigenvalue weighted by Crippen LogP contribution is -2.13. The number of hydrogen-bond donors (Lipinski definition) is 2. The fourth-order valence-electron chi connectivity index (χ4n) is 2.94. The first kappa shape index (κ1) is 25.3. The summed E-state index contributed by atoms with van der Waals surface area (Å²) in [5.74, 6) is -3.85. The van der Waals surface area contributed by atoms with Crippen LogP contribution in [0.1, 0.15) is 38.0 Å². The average molecular weight is 547 g/mol. The minimum atomic E-state index is -1.40. The van der Waals surface area contributed by atoms with Gasteiger partial charge in [0.15, 0.2) is 5.75 Å². The van der Waals surface area contributed by atoms with Gasteiger partial charge in [-0.2, -0.15) is 0 Å². The van der Waals surface area contributed by atoms with Gasteiger partial charge in [-0.25, -0.2) is 14.0 Å². The maximum Gasteiger partial charge on any atom is 0.339 e. The van der Waals surface area contributed by atoms with E-state index in [2.05, 4.69) is 21.2 Å². The lowest BCUT2D eigenvalue weighted by atomic mass is 10.1. The van der Waals surface area contributed by atoms with Crippen molar-refractivity contribution in [3.8, 4) is 11.5 Å². The first-order valence-electron chi connectivity index (χ1n) is 9.87. The second-order valence-electron chi connectivity index (χ2n) is 6.86. The smallest absolute Gasteiger partial charge is 0.339 e. The number of benzene rings is 3. The van der Waals surface area contributed by atoms with Crippen molar-refractivity contribution >= 4 is 45.2 Å². The highest BCUT2D eigenvalue weighted by Gasteiger charge is 2.21. The van der Waals surface area contributed by atoms with Crippen molar-refractivity contribution in [1.29, 1.82) is 0 Å². The van der Waals surface area contributed by atoms with Crippen molar-refractivity contribution in [2.75, 3.05) is 11.9 Å². The normalized spacial score (nSPS) is 10.4. The number of aromatic carboxylic acids is 1. The molecule has 3 aromatic rings. The number of nitro benzene ring substituents is 1. The monoisotopic (exact) mass is 546 g/mol. The molecule has 0 spiro atoms. The Morgan fingerprint density at radius 3 is 2.51 bits per heavy atom. The maximum atomic E-state index is 14.2. The number of nitro groups is 1. The standard InChI is InChI=1S/C23H16BrFN2O8/c1-2-34-23(31)15-7-6-14(9-16(15)22(29)30)35-20-10-17(24)18(25)11-19(20)26-21(28)12-4-3-5-13(8-12)27(32)33/h3-11H,2H2,1H3,(H,26,28)(H,29,30). The summed E-state index contributed by atoms with van der Waals surface area (Å²) in [4.78, 5) is 46.7. The predicted molar refractivity (Wildman–Crippen MR) is 125 cm³/mol. The third-order valence-corrected chi connectivity index (χ3v) is 5.14. The molecule has 0 aliphatic rings. The summed E-state index contributed by atoms with van der Waals surface area (Å²) in [6.07, 6.45) is 0. The van der Waals surface area contributed by atoms with E-state index in [1.54, 1.807) is 6.92 Å². The van der Waals surface area contributed by atoms with Crippen molar-refractivity contribution in [3.05, 3.63) is 91.7 Å². The molecule has 180 valence electrons. The Morgan fingerprint density at radius 1 is 1.11 bits per heavy atom. The number of esters is 1. The van der Waals surface area contributed by atoms with E-state index in [-0.39, 0.29) is 50.6 Å². The van der Waals surface area contributed by atoms with Gasteiger partial charge in [0.25, 0.3) is 11.6 Å². The summed E-state index contributed by atoms with van der Waals surface area (Å²) < 4.78 is 24.8. The Bertz CT molecular complexity index is 1350. The largest absolute Gasteiger partial charge is 0.478 e. The van der Waals surface area contributed by atoms with E-state index in [1.165, 1.54) is 36.4 Å². The number of nitrogens with zero attached hydrogens (tertiary/aromatic N) is 1. The van der Waals surface area contributed by atoms with Gasteiger partial charge in [-0.15, -0.1) is 0 Å². The molecule has 1 amide bonds. The first-order valence-corrected chi connectivity index (χ1v) is 10.7. The lowest BCUT2D eigenvalue weighted by Gasteiger charge is -2.15. The number of non-ortho nitro benzene ring substituents is 1. The molecule has 12 heteroatoms. The second kappa shape index (κ2) is 10.7. The van der Waals surface area contributed by atoms with Crippen LogP contribution in [0.3, 0.4) is 0 Å². The lowest BCUT2D eigenvalue weighted by molar-refractivity contribution is -0.384. The molecule has 3 rings (SSSR count). The van der Waals surface area contributed by atoms with Gasteiger partial charge in [-0.05, 0) is 47.1 Å². The number of hydrogen-bond acceptors (Lipinski definition) is 7. The Labute approximate surface area is 205 Å². The van der Waals surface area contributed by atoms with E-state index in [1.807, 2.05) is 0 Å². The summed E-state index contributed by atoms with van der Waals surface area (Å²) >= 11 is 3.02.